The fourth-order valence-electron chi connectivity index (χ4n) is 2.37. The number of sulfonamides is 1. The Hall–Kier alpha value is -0.390. The zero-order valence-corrected chi connectivity index (χ0v) is 13.7. The summed E-state index contributed by atoms with van der Waals surface area (Å²) in [5.41, 5.74) is 2.11. The van der Waals surface area contributed by atoms with Crippen LogP contribution in [0.15, 0.2) is 23.1 Å². The molecular formula is C14H20BrNO2S. The summed E-state index contributed by atoms with van der Waals surface area (Å²) in [6.07, 6.45) is 4.18. The third-order valence-electron chi connectivity index (χ3n) is 3.78. The zero-order valence-electron chi connectivity index (χ0n) is 11.3. The average molecular weight is 346 g/mol. The number of halogens is 1. The van der Waals surface area contributed by atoms with Crippen molar-refractivity contribution in [1.82, 2.24) is 4.72 Å². The van der Waals surface area contributed by atoms with Gasteiger partial charge in [-0.05, 0) is 49.9 Å². The van der Waals surface area contributed by atoms with Crippen LogP contribution in [0, 0.1) is 13.8 Å². The lowest BCUT2D eigenvalue weighted by atomic mass is 9.96. The van der Waals surface area contributed by atoms with E-state index in [1.54, 1.807) is 12.1 Å². The predicted octanol–water partition coefficient (Wildman–Crippen LogP) is 3.29. The normalized spacial score (nSPS) is 24.4. The summed E-state index contributed by atoms with van der Waals surface area (Å²) < 4.78 is 27.6. The number of rotatable bonds is 3. The largest absolute Gasteiger partial charge is 0.240 e. The topological polar surface area (TPSA) is 46.2 Å². The van der Waals surface area contributed by atoms with Gasteiger partial charge in [-0.1, -0.05) is 34.8 Å². The van der Waals surface area contributed by atoms with Crippen molar-refractivity contribution >= 4 is 26.0 Å². The van der Waals surface area contributed by atoms with Gasteiger partial charge >= 0.3 is 0 Å². The second-order valence-electron chi connectivity index (χ2n) is 5.27. The van der Waals surface area contributed by atoms with E-state index in [0.717, 1.165) is 36.8 Å². The molecule has 1 aliphatic carbocycles. The summed E-state index contributed by atoms with van der Waals surface area (Å²) in [6, 6.07) is 5.27. The molecule has 2 rings (SSSR count). The zero-order chi connectivity index (χ0) is 14.0. The summed E-state index contributed by atoms with van der Waals surface area (Å²) >= 11 is 3.58. The molecule has 2 atom stereocenters. The average Bonchev–Trinajstić information content (AvgIpc) is 2.35. The van der Waals surface area contributed by atoms with Crippen LogP contribution in [0.2, 0.25) is 0 Å². The summed E-state index contributed by atoms with van der Waals surface area (Å²) in [6.45, 7) is 3.91. The number of nitrogens with one attached hydrogen (secondary N) is 1. The van der Waals surface area contributed by atoms with E-state index in [4.69, 9.17) is 0 Å². The van der Waals surface area contributed by atoms with Crippen LogP contribution in [0.4, 0.5) is 0 Å². The number of benzene rings is 1. The first-order valence-corrected chi connectivity index (χ1v) is 9.04. The second-order valence-corrected chi connectivity index (χ2v) is 8.16. The van der Waals surface area contributed by atoms with Crippen molar-refractivity contribution in [3.8, 4) is 0 Å². The molecule has 0 saturated heterocycles. The summed E-state index contributed by atoms with van der Waals surface area (Å²) in [7, 11) is -3.41. The SMILES string of the molecule is Cc1ccc(S(=O)(=O)NC2CCCCC2Br)cc1C. The highest BCUT2D eigenvalue weighted by atomic mass is 79.9. The fraction of sp³-hybridized carbons (Fsp3) is 0.571. The lowest BCUT2D eigenvalue weighted by molar-refractivity contribution is 0.427. The Bertz CT molecular complexity index is 557. The molecule has 3 nitrogen and oxygen atoms in total. The van der Waals surface area contributed by atoms with E-state index in [1.165, 1.54) is 0 Å². The molecule has 0 radical (unpaired) electrons. The van der Waals surface area contributed by atoms with Crippen molar-refractivity contribution in [3.63, 3.8) is 0 Å². The highest BCUT2D eigenvalue weighted by molar-refractivity contribution is 9.09. The Balaban J connectivity index is 2.19. The van der Waals surface area contributed by atoms with Crippen LogP contribution >= 0.6 is 15.9 Å². The Morgan fingerprint density at radius 1 is 1.16 bits per heavy atom. The van der Waals surface area contributed by atoms with Gasteiger partial charge in [0.05, 0.1) is 4.90 Å². The molecule has 0 amide bonds. The molecule has 106 valence electrons. The highest BCUT2D eigenvalue weighted by Crippen LogP contribution is 2.26. The third kappa shape index (κ3) is 3.58. The van der Waals surface area contributed by atoms with E-state index in [-0.39, 0.29) is 10.9 Å². The molecule has 0 spiro atoms. The molecule has 1 aromatic carbocycles. The lowest BCUT2D eigenvalue weighted by Gasteiger charge is -2.28. The van der Waals surface area contributed by atoms with E-state index < -0.39 is 10.0 Å². The van der Waals surface area contributed by atoms with Gasteiger partial charge in [-0.3, -0.25) is 0 Å². The van der Waals surface area contributed by atoms with Gasteiger partial charge in [0, 0.05) is 10.9 Å². The molecular weight excluding hydrogens is 326 g/mol. The van der Waals surface area contributed by atoms with Gasteiger partial charge in [0.1, 0.15) is 0 Å². The minimum absolute atomic E-state index is 0.000333. The first-order valence-electron chi connectivity index (χ1n) is 6.64. The van der Waals surface area contributed by atoms with E-state index in [1.807, 2.05) is 19.9 Å². The monoisotopic (exact) mass is 345 g/mol. The van der Waals surface area contributed by atoms with Crippen molar-refractivity contribution in [1.29, 1.82) is 0 Å². The Morgan fingerprint density at radius 3 is 2.47 bits per heavy atom. The summed E-state index contributed by atoms with van der Waals surface area (Å²) in [5.74, 6) is 0. The molecule has 5 heteroatoms. The maximum Gasteiger partial charge on any atom is 0.240 e. The van der Waals surface area contributed by atoms with Gasteiger partial charge in [-0.25, -0.2) is 13.1 Å². The first kappa shape index (κ1) is 15.0. The van der Waals surface area contributed by atoms with Gasteiger partial charge in [-0.15, -0.1) is 0 Å². The first-order chi connectivity index (χ1) is 8.90. The van der Waals surface area contributed by atoms with Crippen molar-refractivity contribution in [3.05, 3.63) is 29.3 Å². The molecule has 1 aliphatic rings. The second kappa shape index (κ2) is 5.94. The maximum absolute atomic E-state index is 12.4. The summed E-state index contributed by atoms with van der Waals surface area (Å²) in [5, 5.41) is 0. The molecule has 1 fully saturated rings. The molecule has 2 unspecified atom stereocenters. The fourth-order valence-corrected chi connectivity index (χ4v) is 4.66. The standard InChI is InChI=1S/C14H20BrNO2S/c1-10-7-8-12(9-11(10)2)19(17,18)16-14-6-4-3-5-13(14)15/h7-9,13-14,16H,3-6H2,1-2H3. The number of hydrogen-bond donors (Lipinski definition) is 1. The van der Waals surface area contributed by atoms with Gasteiger partial charge in [0.15, 0.2) is 0 Å². The minimum atomic E-state index is -3.41. The predicted molar refractivity (Wildman–Crippen MR) is 81.2 cm³/mol. The van der Waals surface area contributed by atoms with Crippen LogP contribution in [-0.2, 0) is 10.0 Å². The van der Waals surface area contributed by atoms with Crippen molar-refractivity contribution in [2.45, 2.75) is 55.3 Å². The molecule has 1 aromatic rings. The van der Waals surface area contributed by atoms with Gasteiger partial charge in [0.2, 0.25) is 10.0 Å². The van der Waals surface area contributed by atoms with E-state index in [0.29, 0.717) is 4.90 Å². The molecule has 0 aliphatic heterocycles. The van der Waals surface area contributed by atoms with Crippen molar-refractivity contribution in [2.75, 3.05) is 0 Å². The number of hydrogen-bond acceptors (Lipinski definition) is 2. The maximum atomic E-state index is 12.4. The lowest BCUT2D eigenvalue weighted by Crippen LogP contribution is -2.42. The number of aryl methyl sites for hydroxylation is 2. The third-order valence-corrected chi connectivity index (χ3v) is 6.36. The quantitative estimate of drug-likeness (QED) is 0.854. The van der Waals surface area contributed by atoms with E-state index >= 15 is 0 Å². The number of alkyl halides is 1. The molecule has 19 heavy (non-hydrogen) atoms. The van der Waals surface area contributed by atoms with Crippen LogP contribution in [-0.4, -0.2) is 19.3 Å². The van der Waals surface area contributed by atoms with Crippen molar-refractivity contribution in [2.24, 2.45) is 0 Å². The highest BCUT2D eigenvalue weighted by Gasteiger charge is 2.27. The smallest absolute Gasteiger partial charge is 0.207 e. The van der Waals surface area contributed by atoms with Crippen LogP contribution < -0.4 is 4.72 Å². The Labute approximate surface area is 124 Å². The van der Waals surface area contributed by atoms with Crippen LogP contribution in [0.1, 0.15) is 36.8 Å². The van der Waals surface area contributed by atoms with E-state index in [9.17, 15) is 8.42 Å². The van der Waals surface area contributed by atoms with Gasteiger partial charge in [0.25, 0.3) is 0 Å². The van der Waals surface area contributed by atoms with Crippen LogP contribution in [0.25, 0.3) is 0 Å². The molecule has 0 aromatic heterocycles. The molecule has 1 N–H and O–H groups in total. The van der Waals surface area contributed by atoms with Crippen molar-refractivity contribution < 1.29 is 8.42 Å². The Morgan fingerprint density at radius 2 is 1.84 bits per heavy atom. The van der Waals surface area contributed by atoms with Crippen LogP contribution in [0.5, 0.6) is 0 Å². The molecule has 1 saturated carbocycles. The van der Waals surface area contributed by atoms with Gasteiger partial charge < -0.3 is 0 Å². The van der Waals surface area contributed by atoms with Crippen LogP contribution in [0.3, 0.4) is 0 Å². The van der Waals surface area contributed by atoms with Gasteiger partial charge in [-0.2, -0.15) is 0 Å². The Kier molecular flexibility index (Phi) is 4.69. The minimum Gasteiger partial charge on any atom is -0.207 e. The summed E-state index contributed by atoms with van der Waals surface area (Å²) in [4.78, 5) is 0.600. The molecule has 0 bridgehead atoms. The molecule has 0 heterocycles. The van der Waals surface area contributed by atoms with E-state index in [2.05, 4.69) is 20.7 Å².